The fourth-order valence-corrected chi connectivity index (χ4v) is 2.89. The second-order valence-electron chi connectivity index (χ2n) is 4.76. The highest BCUT2D eigenvalue weighted by Crippen LogP contribution is 2.61. The maximum absolute atomic E-state index is 10.7. The molecular formula is C9H14ClNO4. The van der Waals surface area contributed by atoms with Gasteiger partial charge in [0.2, 0.25) is 0 Å². The molecule has 0 saturated heterocycles. The van der Waals surface area contributed by atoms with Gasteiger partial charge >= 0.3 is 11.9 Å². The van der Waals surface area contributed by atoms with E-state index in [0.29, 0.717) is 25.7 Å². The van der Waals surface area contributed by atoms with Crippen molar-refractivity contribution in [3.63, 3.8) is 0 Å². The van der Waals surface area contributed by atoms with Gasteiger partial charge in [-0.05, 0) is 31.1 Å². The van der Waals surface area contributed by atoms with Crippen molar-refractivity contribution in [1.29, 1.82) is 0 Å². The number of halogens is 1. The van der Waals surface area contributed by atoms with Crippen molar-refractivity contribution in [3.05, 3.63) is 0 Å². The molecule has 0 aromatic carbocycles. The van der Waals surface area contributed by atoms with Gasteiger partial charge in [0.05, 0.1) is 5.92 Å². The molecule has 5 nitrogen and oxygen atoms in total. The summed E-state index contributed by atoms with van der Waals surface area (Å²) >= 11 is 0. The molecule has 0 aliphatic heterocycles. The number of nitrogens with two attached hydrogens (primary N) is 1. The summed E-state index contributed by atoms with van der Waals surface area (Å²) in [5.41, 5.74) is 4.44. The monoisotopic (exact) mass is 235 g/mol. The minimum atomic E-state index is -1.09. The van der Waals surface area contributed by atoms with Crippen LogP contribution >= 0.6 is 12.4 Å². The Morgan fingerprint density at radius 3 is 2.00 bits per heavy atom. The van der Waals surface area contributed by atoms with E-state index in [0.717, 1.165) is 0 Å². The van der Waals surface area contributed by atoms with Crippen LogP contribution in [-0.4, -0.2) is 27.7 Å². The normalized spacial score (nSPS) is 42.3. The van der Waals surface area contributed by atoms with Crippen LogP contribution in [0.2, 0.25) is 0 Å². The first-order chi connectivity index (χ1) is 6.37. The van der Waals surface area contributed by atoms with Gasteiger partial charge in [0, 0.05) is 0 Å². The van der Waals surface area contributed by atoms with Crippen LogP contribution in [0, 0.1) is 11.3 Å². The fourth-order valence-electron chi connectivity index (χ4n) is 2.89. The van der Waals surface area contributed by atoms with Gasteiger partial charge in [0.1, 0.15) is 5.54 Å². The Morgan fingerprint density at radius 2 is 1.67 bits per heavy atom. The number of carbonyl (C=O) groups is 2. The van der Waals surface area contributed by atoms with Gasteiger partial charge in [-0.1, -0.05) is 0 Å². The van der Waals surface area contributed by atoms with E-state index in [4.69, 9.17) is 15.9 Å². The summed E-state index contributed by atoms with van der Waals surface area (Å²) in [6, 6.07) is 0. The van der Waals surface area contributed by atoms with Crippen molar-refractivity contribution in [1.82, 2.24) is 0 Å². The van der Waals surface area contributed by atoms with Crippen molar-refractivity contribution in [2.24, 2.45) is 17.1 Å². The van der Waals surface area contributed by atoms with E-state index in [9.17, 15) is 9.59 Å². The zero-order valence-electron chi connectivity index (χ0n) is 8.10. The molecule has 0 atom stereocenters. The highest BCUT2D eigenvalue weighted by atomic mass is 35.5. The van der Waals surface area contributed by atoms with E-state index in [1.54, 1.807) is 0 Å². The van der Waals surface area contributed by atoms with Crippen LogP contribution in [-0.2, 0) is 9.59 Å². The minimum Gasteiger partial charge on any atom is -0.481 e. The van der Waals surface area contributed by atoms with Crippen molar-refractivity contribution >= 4 is 24.3 Å². The van der Waals surface area contributed by atoms with Crippen molar-refractivity contribution in [2.75, 3.05) is 0 Å². The molecule has 0 aromatic rings. The molecule has 1 spiro atoms. The predicted molar refractivity (Wildman–Crippen MR) is 53.8 cm³/mol. The summed E-state index contributed by atoms with van der Waals surface area (Å²) in [6.07, 6.45) is 2.04. The van der Waals surface area contributed by atoms with Gasteiger partial charge in [0.15, 0.2) is 0 Å². The van der Waals surface area contributed by atoms with Crippen molar-refractivity contribution in [3.8, 4) is 0 Å². The van der Waals surface area contributed by atoms with Crippen LogP contribution in [0.3, 0.4) is 0 Å². The molecular weight excluding hydrogens is 222 g/mol. The SMILES string of the molecule is Cl.NC1(C(=O)O)CC2(CC(C(=O)O)C2)C1. The molecule has 0 unspecified atom stereocenters. The van der Waals surface area contributed by atoms with Crippen molar-refractivity contribution in [2.45, 2.75) is 31.2 Å². The molecule has 2 rings (SSSR count). The maximum Gasteiger partial charge on any atom is 0.323 e. The second-order valence-corrected chi connectivity index (χ2v) is 4.76. The molecule has 0 aromatic heterocycles. The Balaban J connectivity index is 0.00000112. The molecule has 2 aliphatic carbocycles. The summed E-state index contributed by atoms with van der Waals surface area (Å²) in [4.78, 5) is 21.3. The third-order valence-electron chi connectivity index (χ3n) is 3.51. The molecule has 0 radical (unpaired) electrons. The number of hydrogen-bond donors (Lipinski definition) is 3. The van der Waals surface area contributed by atoms with Gasteiger partial charge in [-0.2, -0.15) is 0 Å². The summed E-state index contributed by atoms with van der Waals surface area (Å²) in [5.74, 6) is -2.03. The van der Waals surface area contributed by atoms with E-state index in [1.165, 1.54) is 0 Å². The smallest absolute Gasteiger partial charge is 0.323 e. The number of rotatable bonds is 2. The molecule has 2 fully saturated rings. The minimum absolute atomic E-state index is 0. The Labute approximate surface area is 93.1 Å². The first kappa shape index (κ1) is 12.3. The van der Waals surface area contributed by atoms with E-state index in [2.05, 4.69) is 0 Å². The van der Waals surface area contributed by atoms with E-state index in [-0.39, 0.29) is 23.7 Å². The van der Waals surface area contributed by atoms with Crippen LogP contribution in [0.1, 0.15) is 25.7 Å². The second kappa shape index (κ2) is 3.35. The van der Waals surface area contributed by atoms with E-state index >= 15 is 0 Å². The maximum atomic E-state index is 10.7. The lowest BCUT2D eigenvalue weighted by atomic mass is 9.45. The molecule has 0 bridgehead atoms. The lowest BCUT2D eigenvalue weighted by Gasteiger charge is -2.59. The largest absolute Gasteiger partial charge is 0.481 e. The van der Waals surface area contributed by atoms with Gasteiger partial charge in [-0.15, -0.1) is 12.4 Å². The topological polar surface area (TPSA) is 101 Å². The molecule has 15 heavy (non-hydrogen) atoms. The van der Waals surface area contributed by atoms with Crippen LogP contribution < -0.4 is 5.73 Å². The number of hydrogen-bond acceptors (Lipinski definition) is 3. The number of aliphatic carboxylic acids is 2. The summed E-state index contributed by atoms with van der Waals surface area (Å²) in [7, 11) is 0. The zero-order chi connectivity index (χ0) is 10.6. The third-order valence-corrected chi connectivity index (χ3v) is 3.51. The Bertz CT molecular complexity index is 303. The lowest BCUT2D eigenvalue weighted by Crippen LogP contribution is -2.66. The van der Waals surface area contributed by atoms with Crippen molar-refractivity contribution < 1.29 is 19.8 Å². The van der Waals surface area contributed by atoms with Gasteiger partial charge < -0.3 is 15.9 Å². The van der Waals surface area contributed by atoms with Crippen LogP contribution in [0.15, 0.2) is 0 Å². The molecule has 2 aliphatic rings. The molecule has 0 heterocycles. The van der Waals surface area contributed by atoms with E-state index < -0.39 is 17.5 Å². The highest BCUT2D eigenvalue weighted by Gasteiger charge is 2.63. The Hall–Kier alpha value is -0.810. The molecule has 86 valence electrons. The predicted octanol–water partition coefficient (Wildman–Crippen LogP) is 0.465. The third kappa shape index (κ3) is 1.70. The fraction of sp³-hybridized carbons (Fsp3) is 0.778. The first-order valence-electron chi connectivity index (χ1n) is 4.62. The standard InChI is InChI=1S/C9H13NO4.ClH/c10-9(7(13)14)3-8(4-9)1-5(2-8)6(11)12;/h5H,1-4,10H2,(H,11,12)(H,13,14);1H. The zero-order valence-corrected chi connectivity index (χ0v) is 8.92. The highest BCUT2D eigenvalue weighted by molar-refractivity contribution is 5.85. The molecule has 6 heteroatoms. The average Bonchev–Trinajstić information content (AvgIpc) is 1.92. The van der Waals surface area contributed by atoms with Crippen LogP contribution in [0.4, 0.5) is 0 Å². The number of carboxylic acids is 2. The quantitative estimate of drug-likeness (QED) is 0.646. The van der Waals surface area contributed by atoms with Crippen LogP contribution in [0.25, 0.3) is 0 Å². The molecule has 4 N–H and O–H groups in total. The lowest BCUT2D eigenvalue weighted by molar-refractivity contribution is -0.171. The Morgan fingerprint density at radius 1 is 1.20 bits per heavy atom. The summed E-state index contributed by atoms with van der Waals surface area (Å²) in [6.45, 7) is 0. The van der Waals surface area contributed by atoms with Gasteiger partial charge in [-0.25, -0.2) is 0 Å². The molecule has 2 saturated carbocycles. The average molecular weight is 236 g/mol. The van der Waals surface area contributed by atoms with Gasteiger partial charge in [0.25, 0.3) is 0 Å². The molecule has 0 amide bonds. The van der Waals surface area contributed by atoms with E-state index in [1.807, 2.05) is 0 Å². The Kier molecular flexibility index (Phi) is 2.74. The van der Waals surface area contributed by atoms with Gasteiger partial charge in [-0.3, -0.25) is 9.59 Å². The summed E-state index contributed by atoms with van der Waals surface area (Å²) in [5, 5.41) is 17.5. The van der Waals surface area contributed by atoms with Crippen LogP contribution in [0.5, 0.6) is 0 Å². The summed E-state index contributed by atoms with van der Waals surface area (Å²) < 4.78 is 0. The first-order valence-corrected chi connectivity index (χ1v) is 4.62. The number of carboxylic acid groups (broad SMARTS) is 2.